The molecule has 0 saturated heterocycles. The van der Waals surface area contributed by atoms with Crippen molar-refractivity contribution in [1.29, 1.82) is 0 Å². The maximum atomic E-state index is 10.5. The van der Waals surface area contributed by atoms with Gasteiger partial charge in [-0.25, -0.2) is 0 Å². The summed E-state index contributed by atoms with van der Waals surface area (Å²) in [6, 6.07) is 0. The SMILES string of the molecule is Nc1sc2c(c1CCC(=O)O)CCCC2. The van der Waals surface area contributed by atoms with Gasteiger partial charge in [0.15, 0.2) is 0 Å². The van der Waals surface area contributed by atoms with Crippen LogP contribution in [0, 0.1) is 0 Å². The molecule has 0 saturated carbocycles. The normalized spacial score (nSPS) is 14.9. The number of nitrogens with two attached hydrogens (primary N) is 1. The third kappa shape index (κ3) is 2.15. The van der Waals surface area contributed by atoms with Gasteiger partial charge in [0.05, 0.1) is 5.00 Å². The first kappa shape index (κ1) is 10.5. The van der Waals surface area contributed by atoms with Crippen molar-refractivity contribution in [3.05, 3.63) is 16.0 Å². The van der Waals surface area contributed by atoms with Crippen molar-refractivity contribution in [3.8, 4) is 0 Å². The number of carboxylic acids is 1. The second kappa shape index (κ2) is 4.23. The molecule has 1 heterocycles. The molecular formula is C11H15NO2S. The number of rotatable bonds is 3. The number of thiophene rings is 1. The first-order valence-corrected chi connectivity index (χ1v) is 6.11. The van der Waals surface area contributed by atoms with Gasteiger partial charge in [0.25, 0.3) is 0 Å². The Balaban J connectivity index is 2.21. The zero-order valence-corrected chi connectivity index (χ0v) is 9.40. The highest BCUT2D eigenvalue weighted by Crippen LogP contribution is 2.36. The van der Waals surface area contributed by atoms with Gasteiger partial charge in [-0.3, -0.25) is 4.79 Å². The molecular weight excluding hydrogens is 210 g/mol. The summed E-state index contributed by atoms with van der Waals surface area (Å²) >= 11 is 1.65. The Labute approximate surface area is 92.9 Å². The summed E-state index contributed by atoms with van der Waals surface area (Å²) in [5, 5.41) is 9.51. The summed E-state index contributed by atoms with van der Waals surface area (Å²) in [5.41, 5.74) is 8.39. The lowest BCUT2D eigenvalue weighted by Crippen LogP contribution is -2.04. The monoisotopic (exact) mass is 225 g/mol. The number of nitrogen functional groups attached to an aromatic ring is 1. The van der Waals surface area contributed by atoms with Crippen molar-refractivity contribution in [1.82, 2.24) is 0 Å². The summed E-state index contributed by atoms with van der Waals surface area (Å²) in [5.74, 6) is -0.745. The van der Waals surface area contributed by atoms with E-state index in [1.807, 2.05) is 0 Å². The molecule has 1 aliphatic carbocycles. The van der Waals surface area contributed by atoms with Crippen LogP contribution in [0.1, 0.15) is 35.3 Å². The van der Waals surface area contributed by atoms with Crippen molar-refractivity contribution in [2.45, 2.75) is 38.5 Å². The minimum Gasteiger partial charge on any atom is -0.481 e. The van der Waals surface area contributed by atoms with Crippen LogP contribution in [0.2, 0.25) is 0 Å². The topological polar surface area (TPSA) is 63.3 Å². The van der Waals surface area contributed by atoms with E-state index in [-0.39, 0.29) is 6.42 Å². The van der Waals surface area contributed by atoms with Crippen LogP contribution in [0.5, 0.6) is 0 Å². The number of fused-ring (bicyclic) bond motifs is 1. The highest BCUT2D eigenvalue weighted by atomic mass is 32.1. The van der Waals surface area contributed by atoms with Crippen molar-refractivity contribution in [2.24, 2.45) is 0 Å². The van der Waals surface area contributed by atoms with Crippen LogP contribution >= 0.6 is 11.3 Å². The van der Waals surface area contributed by atoms with Gasteiger partial charge in [0.1, 0.15) is 0 Å². The lowest BCUT2D eigenvalue weighted by molar-refractivity contribution is -0.136. The van der Waals surface area contributed by atoms with Crippen LogP contribution in [0.15, 0.2) is 0 Å². The second-order valence-electron chi connectivity index (χ2n) is 3.95. The summed E-state index contributed by atoms with van der Waals surface area (Å²) in [6.45, 7) is 0. The molecule has 82 valence electrons. The Morgan fingerprint density at radius 3 is 2.87 bits per heavy atom. The van der Waals surface area contributed by atoms with Gasteiger partial charge in [-0.05, 0) is 43.2 Å². The Hall–Kier alpha value is -1.03. The Kier molecular flexibility index (Phi) is 2.95. The molecule has 0 fully saturated rings. The van der Waals surface area contributed by atoms with Crippen LogP contribution in [-0.2, 0) is 24.1 Å². The number of aliphatic carboxylic acids is 1. The Morgan fingerprint density at radius 2 is 2.13 bits per heavy atom. The summed E-state index contributed by atoms with van der Waals surface area (Å²) in [4.78, 5) is 11.9. The fourth-order valence-corrected chi connectivity index (χ4v) is 3.37. The molecule has 0 atom stereocenters. The predicted molar refractivity (Wildman–Crippen MR) is 61.3 cm³/mol. The van der Waals surface area contributed by atoms with Gasteiger partial charge in [0.2, 0.25) is 0 Å². The maximum absolute atomic E-state index is 10.5. The van der Waals surface area contributed by atoms with Gasteiger partial charge in [-0.1, -0.05) is 0 Å². The maximum Gasteiger partial charge on any atom is 0.303 e. The average molecular weight is 225 g/mol. The molecule has 0 radical (unpaired) electrons. The predicted octanol–water partition coefficient (Wildman–Crippen LogP) is 2.23. The van der Waals surface area contributed by atoms with Crippen LogP contribution in [-0.4, -0.2) is 11.1 Å². The van der Waals surface area contributed by atoms with E-state index in [1.54, 1.807) is 11.3 Å². The van der Waals surface area contributed by atoms with Crippen molar-refractivity contribution in [3.63, 3.8) is 0 Å². The first-order chi connectivity index (χ1) is 7.18. The zero-order valence-electron chi connectivity index (χ0n) is 8.58. The Morgan fingerprint density at radius 1 is 1.40 bits per heavy atom. The van der Waals surface area contributed by atoms with Crippen LogP contribution in [0.25, 0.3) is 0 Å². The number of carboxylic acid groups (broad SMARTS) is 1. The van der Waals surface area contributed by atoms with Crippen molar-refractivity contribution < 1.29 is 9.90 Å². The van der Waals surface area contributed by atoms with E-state index in [0.717, 1.165) is 23.4 Å². The minimum atomic E-state index is -0.745. The molecule has 1 aromatic rings. The van der Waals surface area contributed by atoms with E-state index in [2.05, 4.69) is 0 Å². The molecule has 1 aliphatic rings. The average Bonchev–Trinajstić information content (AvgIpc) is 2.50. The largest absolute Gasteiger partial charge is 0.481 e. The minimum absolute atomic E-state index is 0.188. The van der Waals surface area contributed by atoms with Gasteiger partial charge in [-0.2, -0.15) is 0 Å². The molecule has 3 nitrogen and oxygen atoms in total. The lowest BCUT2D eigenvalue weighted by atomic mass is 9.94. The number of aryl methyl sites for hydroxylation is 1. The Bertz CT molecular complexity index is 384. The van der Waals surface area contributed by atoms with Crippen LogP contribution < -0.4 is 5.73 Å². The molecule has 2 rings (SSSR count). The molecule has 0 spiro atoms. The molecule has 4 heteroatoms. The van der Waals surface area contributed by atoms with Gasteiger partial charge in [-0.15, -0.1) is 11.3 Å². The highest BCUT2D eigenvalue weighted by molar-refractivity contribution is 7.16. The summed E-state index contributed by atoms with van der Waals surface area (Å²) < 4.78 is 0. The van der Waals surface area contributed by atoms with E-state index in [4.69, 9.17) is 10.8 Å². The van der Waals surface area contributed by atoms with Crippen LogP contribution in [0.4, 0.5) is 5.00 Å². The molecule has 0 aliphatic heterocycles. The summed E-state index contributed by atoms with van der Waals surface area (Å²) in [7, 11) is 0. The van der Waals surface area contributed by atoms with E-state index < -0.39 is 5.97 Å². The molecule has 0 bridgehead atoms. The standard InChI is InChI=1S/C11H15NO2S/c12-11-8(5-6-10(13)14)7-3-1-2-4-9(7)15-11/h1-6,12H2,(H,13,14). The number of hydrogen-bond donors (Lipinski definition) is 2. The zero-order chi connectivity index (χ0) is 10.8. The van der Waals surface area contributed by atoms with E-state index in [1.165, 1.54) is 23.3 Å². The van der Waals surface area contributed by atoms with E-state index >= 15 is 0 Å². The molecule has 0 aromatic carbocycles. The molecule has 0 unspecified atom stereocenters. The number of carbonyl (C=O) groups is 1. The van der Waals surface area contributed by atoms with Gasteiger partial charge >= 0.3 is 5.97 Å². The second-order valence-corrected chi connectivity index (χ2v) is 5.08. The van der Waals surface area contributed by atoms with E-state index in [0.29, 0.717) is 6.42 Å². The molecule has 0 amide bonds. The smallest absolute Gasteiger partial charge is 0.303 e. The molecule has 15 heavy (non-hydrogen) atoms. The first-order valence-electron chi connectivity index (χ1n) is 5.29. The fraction of sp³-hybridized carbons (Fsp3) is 0.545. The molecule has 3 N–H and O–H groups in total. The highest BCUT2D eigenvalue weighted by Gasteiger charge is 2.19. The summed E-state index contributed by atoms with van der Waals surface area (Å²) in [6.07, 6.45) is 5.43. The van der Waals surface area contributed by atoms with Crippen LogP contribution in [0.3, 0.4) is 0 Å². The third-order valence-electron chi connectivity index (χ3n) is 2.90. The fourth-order valence-electron chi connectivity index (χ4n) is 2.16. The lowest BCUT2D eigenvalue weighted by Gasteiger charge is -2.12. The van der Waals surface area contributed by atoms with Crippen molar-refractivity contribution in [2.75, 3.05) is 5.73 Å². The van der Waals surface area contributed by atoms with Gasteiger partial charge < -0.3 is 10.8 Å². The third-order valence-corrected chi connectivity index (χ3v) is 4.06. The van der Waals surface area contributed by atoms with E-state index in [9.17, 15) is 4.79 Å². The van der Waals surface area contributed by atoms with Gasteiger partial charge in [0, 0.05) is 11.3 Å². The quantitative estimate of drug-likeness (QED) is 0.829. The molecule has 1 aromatic heterocycles. The van der Waals surface area contributed by atoms with Crippen molar-refractivity contribution >= 4 is 22.3 Å². The number of hydrogen-bond acceptors (Lipinski definition) is 3. The number of anilines is 1.